The van der Waals surface area contributed by atoms with Gasteiger partial charge in [-0.25, -0.2) is 0 Å². The highest BCUT2D eigenvalue weighted by molar-refractivity contribution is 5.91. The highest BCUT2D eigenvalue weighted by Crippen LogP contribution is 2.29. The molecule has 25 heavy (non-hydrogen) atoms. The van der Waals surface area contributed by atoms with Crippen molar-refractivity contribution in [1.29, 1.82) is 0 Å². The Morgan fingerprint density at radius 3 is 2.72 bits per heavy atom. The lowest BCUT2D eigenvalue weighted by molar-refractivity contribution is -0.119. The highest BCUT2D eigenvalue weighted by Gasteiger charge is 2.23. The molecule has 0 spiro atoms. The molecular weight excluding hydrogens is 340 g/mol. The Hall–Kier alpha value is -2.08. The fourth-order valence-corrected chi connectivity index (χ4v) is 2.84. The molecule has 3 N–H and O–H groups in total. The summed E-state index contributed by atoms with van der Waals surface area (Å²) in [5, 5.41) is 2.90. The van der Waals surface area contributed by atoms with Crippen molar-refractivity contribution in [3.63, 3.8) is 0 Å². The second-order valence-electron chi connectivity index (χ2n) is 5.72. The summed E-state index contributed by atoms with van der Waals surface area (Å²) in [7, 11) is 0. The van der Waals surface area contributed by atoms with Crippen LogP contribution in [0.1, 0.15) is 23.7 Å². The van der Waals surface area contributed by atoms with Gasteiger partial charge < -0.3 is 20.5 Å². The minimum absolute atomic E-state index is 0. The van der Waals surface area contributed by atoms with Gasteiger partial charge in [-0.2, -0.15) is 0 Å². The zero-order valence-electron chi connectivity index (χ0n) is 13.9. The van der Waals surface area contributed by atoms with Gasteiger partial charge in [-0.1, -0.05) is 24.3 Å². The van der Waals surface area contributed by atoms with E-state index < -0.39 is 0 Å². The third-order valence-corrected chi connectivity index (χ3v) is 3.99. The first-order valence-electron chi connectivity index (χ1n) is 8.18. The Morgan fingerprint density at radius 2 is 1.96 bits per heavy atom. The van der Waals surface area contributed by atoms with Crippen molar-refractivity contribution in [2.75, 3.05) is 25.1 Å². The smallest absolute Gasteiger partial charge is 0.227 e. The van der Waals surface area contributed by atoms with Crippen molar-refractivity contribution in [3.8, 4) is 5.75 Å². The van der Waals surface area contributed by atoms with E-state index in [0.717, 1.165) is 23.4 Å². The first-order chi connectivity index (χ1) is 11.8. The van der Waals surface area contributed by atoms with Crippen LogP contribution in [0.25, 0.3) is 0 Å². The van der Waals surface area contributed by atoms with Gasteiger partial charge >= 0.3 is 0 Å². The number of hydrogen-bond donors (Lipinski definition) is 2. The molecule has 5 nitrogen and oxygen atoms in total. The maximum absolute atomic E-state index is 12.3. The van der Waals surface area contributed by atoms with Crippen LogP contribution in [0.5, 0.6) is 5.75 Å². The molecule has 1 aliphatic heterocycles. The van der Waals surface area contributed by atoms with E-state index in [-0.39, 0.29) is 24.4 Å². The Kier molecular flexibility index (Phi) is 7.25. The van der Waals surface area contributed by atoms with Crippen LogP contribution in [-0.4, -0.2) is 25.7 Å². The molecule has 0 radical (unpaired) electrons. The first-order valence-corrected chi connectivity index (χ1v) is 8.18. The number of ether oxygens (including phenoxy) is 2. The third kappa shape index (κ3) is 5.19. The summed E-state index contributed by atoms with van der Waals surface area (Å²) in [6, 6.07) is 15.4. The van der Waals surface area contributed by atoms with E-state index in [1.54, 1.807) is 0 Å². The fourth-order valence-electron chi connectivity index (χ4n) is 2.84. The lowest BCUT2D eigenvalue weighted by Crippen LogP contribution is -2.22. The molecule has 2 aromatic rings. The van der Waals surface area contributed by atoms with Gasteiger partial charge in [-0.05, 0) is 41.8 Å². The second-order valence-corrected chi connectivity index (χ2v) is 5.72. The minimum Gasteiger partial charge on any atom is -0.492 e. The number of anilines is 1. The van der Waals surface area contributed by atoms with Crippen molar-refractivity contribution in [2.45, 2.75) is 18.9 Å². The van der Waals surface area contributed by atoms with Gasteiger partial charge in [-0.15, -0.1) is 12.4 Å². The molecule has 1 aliphatic rings. The Morgan fingerprint density at radius 1 is 1.20 bits per heavy atom. The van der Waals surface area contributed by atoms with Crippen LogP contribution >= 0.6 is 12.4 Å². The molecule has 0 bridgehead atoms. The molecule has 1 heterocycles. The number of carbonyl (C=O) groups is 1. The summed E-state index contributed by atoms with van der Waals surface area (Å²) >= 11 is 0. The molecule has 3 rings (SSSR count). The number of carbonyl (C=O) groups excluding carboxylic acids is 1. The average Bonchev–Trinajstić information content (AvgIpc) is 2.61. The highest BCUT2D eigenvalue weighted by atomic mass is 35.5. The molecule has 0 saturated heterocycles. The molecular formula is C19H23ClN2O3. The Balaban J connectivity index is 0.00000225. The number of halogens is 1. The van der Waals surface area contributed by atoms with Gasteiger partial charge in [0.2, 0.25) is 5.91 Å². The Labute approximate surface area is 153 Å². The molecule has 0 fully saturated rings. The van der Waals surface area contributed by atoms with Crippen molar-refractivity contribution in [3.05, 3.63) is 59.7 Å². The average molecular weight is 363 g/mol. The zero-order valence-corrected chi connectivity index (χ0v) is 14.8. The van der Waals surface area contributed by atoms with Crippen molar-refractivity contribution < 1.29 is 14.3 Å². The quantitative estimate of drug-likeness (QED) is 0.828. The monoisotopic (exact) mass is 362 g/mol. The second kappa shape index (κ2) is 9.42. The SMILES string of the molecule is Cl.NCCOc1ccc(NC(=O)CC2OCCc3ccccc32)cc1. The van der Waals surface area contributed by atoms with Crippen LogP contribution in [0, 0.1) is 0 Å². The van der Waals surface area contributed by atoms with Crippen LogP contribution in [-0.2, 0) is 16.0 Å². The predicted octanol–water partition coefficient (Wildman–Crippen LogP) is 3.09. The maximum Gasteiger partial charge on any atom is 0.227 e. The number of nitrogens with one attached hydrogen (secondary N) is 1. The Bertz CT molecular complexity index is 691. The molecule has 1 amide bonds. The van der Waals surface area contributed by atoms with Gasteiger partial charge in [0.05, 0.1) is 19.1 Å². The third-order valence-electron chi connectivity index (χ3n) is 3.99. The van der Waals surface area contributed by atoms with Crippen LogP contribution in [0.15, 0.2) is 48.5 Å². The first kappa shape index (κ1) is 19.2. The molecule has 0 saturated carbocycles. The van der Waals surface area contributed by atoms with Gasteiger partial charge in [0.15, 0.2) is 0 Å². The molecule has 2 aromatic carbocycles. The van der Waals surface area contributed by atoms with E-state index in [4.69, 9.17) is 15.2 Å². The molecule has 6 heteroatoms. The summed E-state index contributed by atoms with van der Waals surface area (Å²) in [6.07, 6.45) is 1.03. The van der Waals surface area contributed by atoms with E-state index in [1.165, 1.54) is 5.56 Å². The number of rotatable bonds is 6. The zero-order chi connectivity index (χ0) is 16.8. The van der Waals surface area contributed by atoms with Crippen molar-refractivity contribution in [1.82, 2.24) is 0 Å². The van der Waals surface area contributed by atoms with Gasteiger partial charge in [-0.3, -0.25) is 4.79 Å². The molecule has 1 atom stereocenters. The predicted molar refractivity (Wildman–Crippen MR) is 100 cm³/mol. The molecule has 1 unspecified atom stereocenters. The summed E-state index contributed by atoms with van der Waals surface area (Å²) in [4.78, 5) is 12.3. The fraction of sp³-hybridized carbons (Fsp3) is 0.316. The van der Waals surface area contributed by atoms with E-state index >= 15 is 0 Å². The summed E-state index contributed by atoms with van der Waals surface area (Å²) in [5.41, 5.74) is 8.52. The molecule has 134 valence electrons. The van der Waals surface area contributed by atoms with Gasteiger partial charge in [0.1, 0.15) is 12.4 Å². The lowest BCUT2D eigenvalue weighted by atomic mass is 9.95. The topological polar surface area (TPSA) is 73.6 Å². The van der Waals surface area contributed by atoms with E-state index in [1.807, 2.05) is 42.5 Å². The maximum atomic E-state index is 12.3. The van der Waals surface area contributed by atoms with Crippen LogP contribution in [0.3, 0.4) is 0 Å². The van der Waals surface area contributed by atoms with E-state index in [9.17, 15) is 4.79 Å². The van der Waals surface area contributed by atoms with Crippen LogP contribution in [0.4, 0.5) is 5.69 Å². The number of hydrogen-bond acceptors (Lipinski definition) is 4. The number of fused-ring (bicyclic) bond motifs is 1. The normalized spacial score (nSPS) is 15.6. The summed E-state index contributed by atoms with van der Waals surface area (Å²) in [5.74, 6) is 0.676. The van der Waals surface area contributed by atoms with Crippen LogP contribution < -0.4 is 15.8 Å². The van der Waals surface area contributed by atoms with E-state index in [2.05, 4.69) is 11.4 Å². The number of benzene rings is 2. The summed E-state index contributed by atoms with van der Waals surface area (Å²) in [6.45, 7) is 1.60. The number of amides is 1. The van der Waals surface area contributed by atoms with Crippen molar-refractivity contribution in [2.24, 2.45) is 5.73 Å². The minimum atomic E-state index is -0.179. The van der Waals surface area contributed by atoms with Gasteiger partial charge in [0.25, 0.3) is 0 Å². The van der Waals surface area contributed by atoms with Gasteiger partial charge in [0, 0.05) is 12.2 Å². The standard InChI is InChI=1S/C19H22N2O3.ClH/c20-10-12-23-16-7-5-15(6-8-16)21-19(22)13-18-17-4-2-1-3-14(17)9-11-24-18;/h1-8,18H,9-13,20H2,(H,21,22);1H. The largest absolute Gasteiger partial charge is 0.492 e. The van der Waals surface area contributed by atoms with Crippen LogP contribution in [0.2, 0.25) is 0 Å². The number of nitrogens with two attached hydrogens (primary N) is 1. The summed E-state index contributed by atoms with van der Waals surface area (Å²) < 4.78 is 11.2. The lowest BCUT2D eigenvalue weighted by Gasteiger charge is -2.25. The van der Waals surface area contributed by atoms with E-state index in [0.29, 0.717) is 26.2 Å². The van der Waals surface area contributed by atoms with Crippen molar-refractivity contribution >= 4 is 24.0 Å². The molecule has 0 aliphatic carbocycles. The molecule has 0 aromatic heterocycles.